The molecule has 3 rings (SSSR count). The molecule has 0 N–H and O–H groups in total. The molecule has 9 nitrogen and oxygen atoms in total. The lowest BCUT2D eigenvalue weighted by molar-refractivity contribution is -0.386. The Balaban J connectivity index is 2.01. The van der Waals surface area contributed by atoms with Crippen molar-refractivity contribution in [3.05, 3.63) is 98.1 Å². The first-order chi connectivity index (χ1) is 13.9. The molecule has 0 spiro atoms. The summed E-state index contributed by atoms with van der Waals surface area (Å²) in [5, 5.41) is 22.5. The Morgan fingerprint density at radius 3 is 2.10 bits per heavy atom. The van der Waals surface area contributed by atoms with Crippen LogP contribution < -0.4 is 9.47 Å². The summed E-state index contributed by atoms with van der Waals surface area (Å²) < 4.78 is 10.6. The van der Waals surface area contributed by atoms with Crippen LogP contribution in [0.5, 0.6) is 17.2 Å². The molecule has 0 radical (unpaired) electrons. The SMILES string of the molecule is COc1ccc([N+](=O)[O-])cc1Oc1ccc(C(=O)c2ccccc2)cc1[N+](=O)[O-]. The minimum absolute atomic E-state index is 0.0630. The fourth-order valence-electron chi connectivity index (χ4n) is 2.62. The first kappa shape index (κ1) is 19.5. The molecule has 0 amide bonds. The molecule has 0 fully saturated rings. The van der Waals surface area contributed by atoms with Gasteiger partial charge in [-0.1, -0.05) is 30.3 Å². The summed E-state index contributed by atoms with van der Waals surface area (Å²) in [5.41, 5.74) is -0.225. The van der Waals surface area contributed by atoms with Gasteiger partial charge in [-0.15, -0.1) is 0 Å². The zero-order valence-corrected chi connectivity index (χ0v) is 15.1. The van der Waals surface area contributed by atoms with Gasteiger partial charge in [0.25, 0.3) is 5.69 Å². The van der Waals surface area contributed by atoms with Crippen LogP contribution in [0.1, 0.15) is 15.9 Å². The molecule has 0 atom stereocenters. The molecule has 0 aliphatic rings. The Labute approximate surface area is 164 Å². The number of methoxy groups -OCH3 is 1. The molecule has 0 heterocycles. The van der Waals surface area contributed by atoms with E-state index in [0.29, 0.717) is 5.56 Å². The van der Waals surface area contributed by atoms with Crippen LogP contribution in [-0.2, 0) is 0 Å². The number of benzene rings is 3. The van der Waals surface area contributed by atoms with Gasteiger partial charge in [-0.25, -0.2) is 0 Å². The maximum Gasteiger partial charge on any atom is 0.312 e. The van der Waals surface area contributed by atoms with Crippen LogP contribution in [0.25, 0.3) is 0 Å². The highest BCUT2D eigenvalue weighted by molar-refractivity contribution is 6.09. The number of nitro groups is 2. The number of nitro benzene ring substituents is 2. The van der Waals surface area contributed by atoms with E-state index in [4.69, 9.17) is 9.47 Å². The molecule has 0 saturated heterocycles. The zero-order valence-electron chi connectivity index (χ0n) is 15.1. The highest BCUT2D eigenvalue weighted by Gasteiger charge is 2.22. The molecule has 0 aromatic heterocycles. The molecule has 3 aromatic rings. The maximum atomic E-state index is 12.6. The van der Waals surface area contributed by atoms with Gasteiger partial charge >= 0.3 is 5.69 Å². The summed E-state index contributed by atoms with van der Waals surface area (Å²) in [5.74, 6) is -0.465. The Morgan fingerprint density at radius 2 is 1.48 bits per heavy atom. The van der Waals surface area contributed by atoms with Crippen LogP contribution in [0.2, 0.25) is 0 Å². The second-order valence-corrected chi connectivity index (χ2v) is 5.83. The van der Waals surface area contributed by atoms with Crippen molar-refractivity contribution in [3.63, 3.8) is 0 Å². The average Bonchev–Trinajstić information content (AvgIpc) is 2.73. The number of ether oxygens (including phenoxy) is 2. The van der Waals surface area contributed by atoms with E-state index in [9.17, 15) is 25.0 Å². The second-order valence-electron chi connectivity index (χ2n) is 5.83. The summed E-state index contributed by atoms with van der Waals surface area (Å²) in [6.45, 7) is 0. The van der Waals surface area contributed by atoms with E-state index >= 15 is 0 Å². The summed E-state index contributed by atoms with van der Waals surface area (Å²) in [6, 6.07) is 15.8. The van der Waals surface area contributed by atoms with E-state index in [1.807, 2.05) is 0 Å². The first-order valence-corrected chi connectivity index (χ1v) is 8.29. The van der Waals surface area contributed by atoms with Gasteiger partial charge in [0.1, 0.15) is 0 Å². The molecule has 3 aromatic carbocycles. The van der Waals surface area contributed by atoms with Crippen LogP contribution in [-0.4, -0.2) is 22.7 Å². The van der Waals surface area contributed by atoms with Crippen molar-refractivity contribution in [2.75, 3.05) is 7.11 Å². The number of hydrogen-bond acceptors (Lipinski definition) is 7. The number of carbonyl (C=O) groups is 1. The third-order valence-electron chi connectivity index (χ3n) is 4.03. The molecule has 0 aliphatic carbocycles. The maximum absolute atomic E-state index is 12.6. The van der Waals surface area contributed by atoms with E-state index in [2.05, 4.69) is 0 Å². The van der Waals surface area contributed by atoms with Gasteiger partial charge in [0.2, 0.25) is 5.75 Å². The Bertz CT molecular complexity index is 1100. The van der Waals surface area contributed by atoms with Gasteiger partial charge in [0.15, 0.2) is 17.3 Å². The number of rotatable bonds is 7. The first-order valence-electron chi connectivity index (χ1n) is 8.29. The molecule has 29 heavy (non-hydrogen) atoms. The van der Waals surface area contributed by atoms with Crippen molar-refractivity contribution in [1.82, 2.24) is 0 Å². The minimum Gasteiger partial charge on any atom is -0.493 e. The van der Waals surface area contributed by atoms with Gasteiger partial charge in [-0.3, -0.25) is 25.0 Å². The van der Waals surface area contributed by atoms with Crippen molar-refractivity contribution < 1.29 is 24.1 Å². The minimum atomic E-state index is -0.694. The molecular weight excluding hydrogens is 380 g/mol. The third kappa shape index (κ3) is 4.19. The molecule has 146 valence electrons. The van der Waals surface area contributed by atoms with Gasteiger partial charge in [-0.2, -0.15) is 0 Å². The van der Waals surface area contributed by atoms with E-state index in [-0.39, 0.29) is 34.3 Å². The van der Waals surface area contributed by atoms with E-state index in [1.165, 1.54) is 31.4 Å². The number of non-ortho nitro benzene ring substituents is 1. The van der Waals surface area contributed by atoms with Crippen LogP contribution in [0, 0.1) is 20.2 Å². The average molecular weight is 394 g/mol. The van der Waals surface area contributed by atoms with E-state index in [0.717, 1.165) is 12.1 Å². The summed E-state index contributed by atoms with van der Waals surface area (Å²) in [6.07, 6.45) is 0. The smallest absolute Gasteiger partial charge is 0.312 e. The predicted octanol–water partition coefficient (Wildman–Crippen LogP) is 4.53. The lowest BCUT2D eigenvalue weighted by atomic mass is 10.0. The van der Waals surface area contributed by atoms with Crippen LogP contribution in [0.15, 0.2) is 66.7 Å². The van der Waals surface area contributed by atoms with Gasteiger partial charge in [0, 0.05) is 23.3 Å². The number of hydrogen-bond donors (Lipinski definition) is 0. The standard InChI is InChI=1S/C20H14N2O7/c1-28-18-10-8-15(21(24)25)12-19(18)29-17-9-7-14(11-16(17)22(26)27)20(23)13-5-3-2-4-6-13/h2-12H,1H3. The summed E-state index contributed by atoms with van der Waals surface area (Å²) >= 11 is 0. The van der Waals surface area contributed by atoms with Crippen molar-refractivity contribution in [3.8, 4) is 17.2 Å². The Morgan fingerprint density at radius 1 is 0.793 bits per heavy atom. The highest BCUT2D eigenvalue weighted by atomic mass is 16.6. The number of ketones is 1. The van der Waals surface area contributed by atoms with Crippen molar-refractivity contribution in [1.29, 1.82) is 0 Å². The third-order valence-corrected chi connectivity index (χ3v) is 4.03. The topological polar surface area (TPSA) is 122 Å². The van der Waals surface area contributed by atoms with Crippen LogP contribution in [0.4, 0.5) is 11.4 Å². The zero-order chi connectivity index (χ0) is 21.0. The number of nitrogens with zero attached hydrogens (tertiary/aromatic N) is 2. The van der Waals surface area contributed by atoms with Crippen LogP contribution in [0.3, 0.4) is 0 Å². The van der Waals surface area contributed by atoms with E-state index < -0.39 is 15.5 Å². The lowest BCUT2D eigenvalue weighted by Crippen LogP contribution is -2.03. The summed E-state index contributed by atoms with van der Waals surface area (Å²) in [4.78, 5) is 33.8. The molecular formula is C20H14N2O7. The number of carbonyl (C=O) groups excluding carboxylic acids is 1. The molecule has 0 unspecified atom stereocenters. The van der Waals surface area contributed by atoms with E-state index in [1.54, 1.807) is 30.3 Å². The van der Waals surface area contributed by atoms with Crippen molar-refractivity contribution in [2.24, 2.45) is 0 Å². The fourth-order valence-corrected chi connectivity index (χ4v) is 2.62. The monoisotopic (exact) mass is 394 g/mol. The molecule has 9 heteroatoms. The highest BCUT2D eigenvalue weighted by Crippen LogP contribution is 2.38. The normalized spacial score (nSPS) is 10.2. The Kier molecular flexibility index (Phi) is 5.49. The van der Waals surface area contributed by atoms with Gasteiger partial charge < -0.3 is 9.47 Å². The second kappa shape index (κ2) is 8.17. The largest absolute Gasteiger partial charge is 0.493 e. The lowest BCUT2D eigenvalue weighted by Gasteiger charge is -2.11. The van der Waals surface area contributed by atoms with Gasteiger partial charge in [0.05, 0.1) is 23.0 Å². The molecule has 0 saturated carbocycles. The molecule has 0 aliphatic heterocycles. The predicted molar refractivity (Wildman–Crippen MR) is 103 cm³/mol. The molecule has 0 bridgehead atoms. The van der Waals surface area contributed by atoms with Gasteiger partial charge in [-0.05, 0) is 18.2 Å². The van der Waals surface area contributed by atoms with Crippen LogP contribution >= 0.6 is 0 Å². The Hall–Kier alpha value is -4.27. The van der Waals surface area contributed by atoms with Crippen molar-refractivity contribution in [2.45, 2.75) is 0 Å². The quantitative estimate of drug-likeness (QED) is 0.328. The van der Waals surface area contributed by atoms with Crippen molar-refractivity contribution >= 4 is 17.2 Å². The summed E-state index contributed by atoms with van der Waals surface area (Å²) in [7, 11) is 1.34. The fraction of sp³-hybridized carbons (Fsp3) is 0.0500.